The number of aromatic nitrogens is 2. The third-order valence-corrected chi connectivity index (χ3v) is 6.74. The van der Waals surface area contributed by atoms with Gasteiger partial charge in [0.15, 0.2) is 0 Å². The van der Waals surface area contributed by atoms with Crippen LogP contribution < -0.4 is 0 Å². The summed E-state index contributed by atoms with van der Waals surface area (Å²) >= 11 is 0. The maximum absolute atomic E-state index is 9.84. The van der Waals surface area contributed by atoms with Gasteiger partial charge >= 0.3 is 0 Å². The summed E-state index contributed by atoms with van der Waals surface area (Å²) < 4.78 is 5.49. The van der Waals surface area contributed by atoms with Gasteiger partial charge in [0.2, 0.25) is 0 Å². The molecule has 1 saturated carbocycles. The van der Waals surface area contributed by atoms with E-state index in [-0.39, 0.29) is 0 Å². The van der Waals surface area contributed by atoms with Crippen molar-refractivity contribution >= 4 is 0 Å². The molecule has 2 atom stereocenters. The summed E-state index contributed by atoms with van der Waals surface area (Å²) in [5.41, 5.74) is 2.76. The van der Waals surface area contributed by atoms with Crippen molar-refractivity contribution in [1.82, 2.24) is 20.0 Å². The normalized spacial score (nSPS) is 29.2. The van der Waals surface area contributed by atoms with Crippen molar-refractivity contribution in [3.8, 4) is 0 Å². The molecule has 152 valence electrons. The fraction of sp³-hybridized carbons (Fsp3) is 0.857. The number of hydrogen-bond acceptors (Lipinski definition) is 5. The maximum Gasteiger partial charge on any atom is 0.0594 e. The third-order valence-electron chi connectivity index (χ3n) is 6.74. The summed E-state index contributed by atoms with van der Waals surface area (Å²) in [7, 11) is 0. The van der Waals surface area contributed by atoms with Crippen LogP contribution in [0.15, 0.2) is 6.20 Å². The quantitative estimate of drug-likeness (QED) is 0.797. The number of H-pyrrole nitrogens is 1. The summed E-state index contributed by atoms with van der Waals surface area (Å²) in [6.07, 6.45) is 9.87. The van der Waals surface area contributed by atoms with E-state index in [4.69, 9.17) is 4.74 Å². The number of aliphatic hydroxyl groups is 1. The molecule has 1 aromatic heterocycles. The number of rotatable bonds is 6. The van der Waals surface area contributed by atoms with Gasteiger partial charge in [-0.3, -0.25) is 14.9 Å². The lowest BCUT2D eigenvalue weighted by atomic mass is 9.85. The molecule has 0 amide bonds. The number of aliphatic hydroxyl groups excluding tert-OH is 1. The van der Waals surface area contributed by atoms with Crippen LogP contribution in [-0.2, 0) is 11.3 Å². The Bertz CT molecular complexity index is 566. The monoisotopic (exact) mass is 376 g/mol. The van der Waals surface area contributed by atoms with Crippen LogP contribution in [0.3, 0.4) is 0 Å². The average Bonchev–Trinajstić information content (AvgIpc) is 3.17. The van der Waals surface area contributed by atoms with Crippen molar-refractivity contribution in [2.45, 2.75) is 51.0 Å². The molecule has 27 heavy (non-hydrogen) atoms. The van der Waals surface area contributed by atoms with Crippen molar-refractivity contribution in [3.05, 3.63) is 17.5 Å². The number of aromatic amines is 1. The van der Waals surface area contributed by atoms with Gasteiger partial charge in [-0.05, 0) is 31.1 Å². The Hall–Kier alpha value is -0.950. The fourth-order valence-corrected chi connectivity index (χ4v) is 5.40. The number of nitrogens with one attached hydrogen (secondary N) is 1. The van der Waals surface area contributed by atoms with E-state index in [1.165, 1.54) is 43.4 Å². The number of hydrogen-bond donors (Lipinski definition) is 2. The second kappa shape index (κ2) is 9.50. The van der Waals surface area contributed by atoms with E-state index in [1.807, 2.05) is 6.20 Å². The summed E-state index contributed by atoms with van der Waals surface area (Å²) in [5, 5.41) is 17.5. The van der Waals surface area contributed by atoms with Crippen LogP contribution in [-0.4, -0.2) is 77.6 Å². The molecule has 2 aliphatic heterocycles. The van der Waals surface area contributed by atoms with E-state index in [9.17, 15) is 5.11 Å². The van der Waals surface area contributed by atoms with Gasteiger partial charge in [-0.2, -0.15) is 5.10 Å². The van der Waals surface area contributed by atoms with E-state index in [1.54, 1.807) is 0 Å². The van der Waals surface area contributed by atoms with Crippen LogP contribution in [0.5, 0.6) is 0 Å². The van der Waals surface area contributed by atoms with Crippen LogP contribution in [0.4, 0.5) is 0 Å². The Morgan fingerprint density at radius 1 is 1.07 bits per heavy atom. The zero-order valence-electron chi connectivity index (χ0n) is 16.6. The molecule has 6 heteroatoms. The predicted molar refractivity (Wildman–Crippen MR) is 106 cm³/mol. The Morgan fingerprint density at radius 3 is 2.63 bits per heavy atom. The molecule has 6 nitrogen and oxygen atoms in total. The molecule has 3 heterocycles. The Labute approximate surface area is 163 Å². The topological polar surface area (TPSA) is 64.6 Å². The van der Waals surface area contributed by atoms with Gasteiger partial charge in [0, 0.05) is 63.1 Å². The Kier molecular flexibility index (Phi) is 6.82. The molecular weight excluding hydrogens is 340 g/mol. The largest absolute Gasteiger partial charge is 0.396 e. The van der Waals surface area contributed by atoms with Crippen LogP contribution in [0, 0.1) is 11.8 Å². The number of nitrogens with zero attached hydrogens (tertiary/aromatic N) is 3. The number of likely N-dealkylation sites (tertiary alicyclic amines) is 1. The average molecular weight is 377 g/mol. The van der Waals surface area contributed by atoms with Gasteiger partial charge < -0.3 is 9.84 Å². The number of morpholine rings is 1. The third kappa shape index (κ3) is 5.11. The standard InChI is InChI=1S/C21H36N4O2/c26-16-18-10-17(12-24-6-8-27-9-7-24)13-25(14-18)15-20-11-22-23-21(20)19-4-2-1-3-5-19/h11,17-19,26H,1-10,12-16H2,(H,22,23)/t17-,18-/m1/s1. The minimum atomic E-state index is 0.303. The molecule has 4 rings (SSSR count). The molecule has 0 spiro atoms. The molecule has 1 aromatic rings. The van der Waals surface area contributed by atoms with Gasteiger partial charge in [0.1, 0.15) is 0 Å². The highest BCUT2D eigenvalue weighted by atomic mass is 16.5. The molecule has 0 aromatic carbocycles. The lowest BCUT2D eigenvalue weighted by Gasteiger charge is -2.40. The first-order valence-corrected chi connectivity index (χ1v) is 11.0. The number of piperidine rings is 1. The molecule has 3 fully saturated rings. The highest BCUT2D eigenvalue weighted by Gasteiger charge is 2.30. The lowest BCUT2D eigenvalue weighted by molar-refractivity contribution is 0.0117. The minimum Gasteiger partial charge on any atom is -0.396 e. The molecule has 2 saturated heterocycles. The van der Waals surface area contributed by atoms with Gasteiger partial charge in [-0.25, -0.2) is 0 Å². The highest BCUT2D eigenvalue weighted by molar-refractivity contribution is 5.21. The molecule has 2 N–H and O–H groups in total. The van der Waals surface area contributed by atoms with Crippen molar-refractivity contribution in [2.75, 3.05) is 52.5 Å². The van der Waals surface area contributed by atoms with Gasteiger partial charge in [0.05, 0.1) is 19.4 Å². The van der Waals surface area contributed by atoms with Gasteiger partial charge in [0.25, 0.3) is 0 Å². The van der Waals surface area contributed by atoms with E-state index < -0.39 is 0 Å². The number of ether oxygens (including phenoxy) is 1. The zero-order valence-corrected chi connectivity index (χ0v) is 16.6. The molecule has 1 aliphatic carbocycles. The Balaban J connectivity index is 1.38. The van der Waals surface area contributed by atoms with E-state index in [0.717, 1.165) is 58.9 Å². The first kappa shape index (κ1) is 19.4. The van der Waals surface area contributed by atoms with Crippen molar-refractivity contribution < 1.29 is 9.84 Å². The van der Waals surface area contributed by atoms with Crippen LogP contribution in [0.2, 0.25) is 0 Å². The van der Waals surface area contributed by atoms with Crippen molar-refractivity contribution in [1.29, 1.82) is 0 Å². The fourth-order valence-electron chi connectivity index (χ4n) is 5.40. The first-order chi connectivity index (χ1) is 13.3. The summed E-state index contributed by atoms with van der Waals surface area (Å²) in [6, 6.07) is 0. The molecule has 0 bridgehead atoms. The minimum absolute atomic E-state index is 0.303. The van der Waals surface area contributed by atoms with E-state index in [2.05, 4.69) is 20.0 Å². The van der Waals surface area contributed by atoms with Crippen molar-refractivity contribution in [2.24, 2.45) is 11.8 Å². The van der Waals surface area contributed by atoms with E-state index >= 15 is 0 Å². The summed E-state index contributed by atoms with van der Waals surface area (Å²) in [4.78, 5) is 5.10. The van der Waals surface area contributed by atoms with Gasteiger partial charge in [-0.15, -0.1) is 0 Å². The second-order valence-electron chi connectivity index (χ2n) is 8.90. The summed E-state index contributed by atoms with van der Waals surface area (Å²) in [5.74, 6) is 1.70. The molecule has 3 aliphatic rings. The second-order valence-corrected chi connectivity index (χ2v) is 8.90. The SMILES string of the molecule is OC[C@@H]1C[C@H](CN2CCOCC2)CN(Cc2cn[nH]c2C2CCCCC2)C1. The van der Waals surface area contributed by atoms with Crippen LogP contribution >= 0.6 is 0 Å². The van der Waals surface area contributed by atoms with E-state index in [0.29, 0.717) is 24.4 Å². The smallest absolute Gasteiger partial charge is 0.0594 e. The maximum atomic E-state index is 9.84. The lowest BCUT2D eigenvalue weighted by Crippen LogP contribution is -2.47. The van der Waals surface area contributed by atoms with Crippen LogP contribution in [0.25, 0.3) is 0 Å². The summed E-state index contributed by atoms with van der Waals surface area (Å²) in [6.45, 7) is 8.36. The highest BCUT2D eigenvalue weighted by Crippen LogP contribution is 2.34. The molecule has 0 unspecified atom stereocenters. The Morgan fingerprint density at radius 2 is 1.85 bits per heavy atom. The van der Waals surface area contributed by atoms with Crippen molar-refractivity contribution in [3.63, 3.8) is 0 Å². The predicted octanol–water partition coefficient (Wildman–Crippen LogP) is 2.22. The molecule has 0 radical (unpaired) electrons. The molecular formula is C21H36N4O2. The van der Waals surface area contributed by atoms with Crippen LogP contribution in [0.1, 0.15) is 55.7 Å². The zero-order chi connectivity index (χ0) is 18.5. The first-order valence-electron chi connectivity index (χ1n) is 11.0. The van der Waals surface area contributed by atoms with Gasteiger partial charge in [-0.1, -0.05) is 19.3 Å².